The molecule has 1 aromatic rings. The number of amides is 1. The van der Waals surface area contributed by atoms with E-state index in [1.54, 1.807) is 20.4 Å². The summed E-state index contributed by atoms with van der Waals surface area (Å²) in [6.45, 7) is 8.16. The summed E-state index contributed by atoms with van der Waals surface area (Å²) in [5, 5.41) is 6.19. The number of carbonyl (C=O) groups excluding carboxylic acids is 1. The van der Waals surface area contributed by atoms with E-state index in [9.17, 15) is 4.79 Å². The number of halogens is 2. The van der Waals surface area contributed by atoms with Crippen LogP contribution in [0, 0.1) is 5.92 Å². The molecule has 158 valence electrons. The summed E-state index contributed by atoms with van der Waals surface area (Å²) in [6.07, 6.45) is 1.71. The number of methoxy groups -OCH3 is 1. The number of anilines is 1. The second-order valence-electron chi connectivity index (χ2n) is 6.42. The minimum Gasteiger partial charge on any atom is -0.480 e. The van der Waals surface area contributed by atoms with Gasteiger partial charge < -0.3 is 25.2 Å². The number of piperazine rings is 1. The van der Waals surface area contributed by atoms with Gasteiger partial charge in [-0.2, -0.15) is 4.98 Å². The van der Waals surface area contributed by atoms with Crippen LogP contribution in [0.25, 0.3) is 0 Å². The number of hydrogen-bond donors (Lipinski definition) is 2. The van der Waals surface area contributed by atoms with Crippen molar-refractivity contribution in [3.8, 4) is 5.88 Å². The lowest BCUT2D eigenvalue weighted by Crippen LogP contribution is -2.53. The van der Waals surface area contributed by atoms with E-state index in [4.69, 9.17) is 4.74 Å². The average molecular weight is 570 g/mol. The fraction of sp³-hybridized carbons (Fsp3) is 0.647. The third-order valence-electron chi connectivity index (χ3n) is 4.20. The van der Waals surface area contributed by atoms with Crippen molar-refractivity contribution in [3.63, 3.8) is 0 Å². The maximum atomic E-state index is 11.6. The molecule has 1 aromatic heterocycles. The summed E-state index contributed by atoms with van der Waals surface area (Å²) in [4.78, 5) is 29.1. The lowest BCUT2D eigenvalue weighted by Gasteiger charge is -2.36. The number of aromatic nitrogens is 2. The van der Waals surface area contributed by atoms with E-state index in [2.05, 4.69) is 51.3 Å². The van der Waals surface area contributed by atoms with Crippen LogP contribution in [0.1, 0.15) is 13.8 Å². The Morgan fingerprint density at radius 2 is 1.93 bits per heavy atom. The highest BCUT2D eigenvalue weighted by Gasteiger charge is 2.22. The van der Waals surface area contributed by atoms with E-state index in [1.165, 1.54) is 0 Å². The molecule has 0 unspecified atom stereocenters. The topological polar surface area (TPSA) is 95.0 Å². The van der Waals surface area contributed by atoms with Crippen LogP contribution in [0.5, 0.6) is 5.88 Å². The second-order valence-corrected chi connectivity index (χ2v) is 7.28. The van der Waals surface area contributed by atoms with E-state index < -0.39 is 0 Å². The number of ether oxygens (including phenoxy) is 1. The van der Waals surface area contributed by atoms with Crippen molar-refractivity contribution in [2.75, 3.05) is 58.3 Å². The van der Waals surface area contributed by atoms with Crippen molar-refractivity contribution in [1.29, 1.82) is 0 Å². The van der Waals surface area contributed by atoms with Crippen LogP contribution in [-0.2, 0) is 4.79 Å². The molecule has 0 atom stereocenters. The Bertz CT molecular complexity index is 667. The van der Waals surface area contributed by atoms with Crippen molar-refractivity contribution in [2.45, 2.75) is 13.8 Å². The molecular formula is C17H29BrIN7O2. The largest absolute Gasteiger partial charge is 0.480 e. The van der Waals surface area contributed by atoms with Crippen LogP contribution < -0.4 is 20.3 Å². The second kappa shape index (κ2) is 12.2. The van der Waals surface area contributed by atoms with E-state index in [-0.39, 0.29) is 35.8 Å². The molecule has 2 heterocycles. The zero-order valence-electron chi connectivity index (χ0n) is 16.7. The maximum absolute atomic E-state index is 11.6. The SMILES string of the molecule is CN=C(NCCNC(=O)C(C)C)N1CCN(c2ncc(Br)c(OC)n2)CC1.I. The molecule has 1 aliphatic rings. The molecule has 1 aliphatic heterocycles. The Morgan fingerprint density at radius 1 is 1.29 bits per heavy atom. The van der Waals surface area contributed by atoms with Gasteiger partial charge in [0.05, 0.1) is 17.8 Å². The van der Waals surface area contributed by atoms with Crippen molar-refractivity contribution < 1.29 is 9.53 Å². The van der Waals surface area contributed by atoms with E-state index in [0.717, 1.165) is 36.6 Å². The van der Waals surface area contributed by atoms with Gasteiger partial charge in [-0.1, -0.05) is 13.8 Å². The third kappa shape index (κ3) is 6.90. The smallest absolute Gasteiger partial charge is 0.232 e. The molecule has 0 saturated carbocycles. The molecule has 0 aromatic carbocycles. The molecule has 0 radical (unpaired) electrons. The first kappa shape index (κ1) is 24.7. The average Bonchev–Trinajstić information content (AvgIpc) is 2.68. The quantitative estimate of drug-likeness (QED) is 0.231. The number of aliphatic imine (C=N–C) groups is 1. The zero-order chi connectivity index (χ0) is 19.8. The van der Waals surface area contributed by atoms with Gasteiger partial charge >= 0.3 is 0 Å². The lowest BCUT2D eigenvalue weighted by molar-refractivity contribution is -0.123. The van der Waals surface area contributed by atoms with E-state index in [1.807, 2.05) is 13.8 Å². The van der Waals surface area contributed by atoms with Crippen LogP contribution in [-0.4, -0.2) is 80.2 Å². The standard InChI is InChI=1S/C17H28BrN7O2.HI/c1-12(2)14(26)20-5-6-21-16(19-3)24-7-9-25(10-8-24)17-22-11-13(18)15(23-17)27-4;/h11-12H,5-10H2,1-4H3,(H,19,21)(H,20,26);1H. The fourth-order valence-electron chi connectivity index (χ4n) is 2.65. The van der Waals surface area contributed by atoms with Gasteiger partial charge in [-0.15, -0.1) is 24.0 Å². The van der Waals surface area contributed by atoms with E-state index in [0.29, 0.717) is 24.9 Å². The maximum Gasteiger partial charge on any atom is 0.232 e. The summed E-state index contributed by atoms with van der Waals surface area (Å²) in [7, 11) is 3.36. The normalized spacial score (nSPS) is 14.6. The first-order valence-corrected chi connectivity index (χ1v) is 9.80. The summed E-state index contributed by atoms with van der Waals surface area (Å²) >= 11 is 3.37. The first-order valence-electron chi connectivity index (χ1n) is 9.01. The number of nitrogens with zero attached hydrogens (tertiary/aromatic N) is 5. The minimum absolute atomic E-state index is 0. The predicted molar refractivity (Wildman–Crippen MR) is 125 cm³/mol. The monoisotopic (exact) mass is 569 g/mol. The van der Waals surface area contributed by atoms with Crippen LogP contribution >= 0.6 is 39.9 Å². The van der Waals surface area contributed by atoms with Gasteiger partial charge in [0.15, 0.2) is 5.96 Å². The highest BCUT2D eigenvalue weighted by atomic mass is 127. The molecule has 9 nitrogen and oxygen atoms in total. The number of rotatable bonds is 6. The van der Waals surface area contributed by atoms with Crippen molar-refractivity contribution in [3.05, 3.63) is 10.7 Å². The first-order chi connectivity index (χ1) is 13.0. The molecule has 0 bridgehead atoms. The fourth-order valence-corrected chi connectivity index (χ4v) is 3.01. The van der Waals surface area contributed by atoms with Gasteiger partial charge in [-0.25, -0.2) is 4.98 Å². The van der Waals surface area contributed by atoms with Crippen molar-refractivity contribution in [2.24, 2.45) is 10.9 Å². The number of nitrogens with one attached hydrogen (secondary N) is 2. The summed E-state index contributed by atoms with van der Waals surface area (Å²) in [6, 6.07) is 0. The van der Waals surface area contributed by atoms with Gasteiger partial charge in [0.1, 0.15) is 0 Å². The Hall–Kier alpha value is -1.37. The summed E-state index contributed by atoms with van der Waals surface area (Å²) in [5.74, 6) is 2.09. The lowest BCUT2D eigenvalue weighted by atomic mass is 10.2. The minimum atomic E-state index is -0.00292. The summed E-state index contributed by atoms with van der Waals surface area (Å²) in [5.41, 5.74) is 0. The Morgan fingerprint density at radius 3 is 2.50 bits per heavy atom. The Kier molecular flexibility index (Phi) is 10.8. The van der Waals surface area contributed by atoms with Gasteiger partial charge in [-0.3, -0.25) is 9.79 Å². The molecule has 0 spiro atoms. The molecule has 2 rings (SSSR count). The molecule has 11 heteroatoms. The Labute approximate surface area is 191 Å². The number of hydrogen-bond acceptors (Lipinski definition) is 6. The van der Waals surface area contributed by atoms with Gasteiger partial charge in [0.2, 0.25) is 17.7 Å². The van der Waals surface area contributed by atoms with Crippen molar-refractivity contribution in [1.82, 2.24) is 25.5 Å². The third-order valence-corrected chi connectivity index (χ3v) is 4.74. The van der Waals surface area contributed by atoms with Crippen LogP contribution in [0.15, 0.2) is 15.7 Å². The van der Waals surface area contributed by atoms with E-state index >= 15 is 0 Å². The molecule has 1 saturated heterocycles. The molecule has 0 aliphatic carbocycles. The highest BCUT2D eigenvalue weighted by molar-refractivity contribution is 14.0. The molecule has 1 fully saturated rings. The van der Waals surface area contributed by atoms with Crippen LogP contribution in [0.4, 0.5) is 5.95 Å². The molecule has 1 amide bonds. The van der Waals surface area contributed by atoms with Crippen molar-refractivity contribution >= 4 is 57.7 Å². The highest BCUT2D eigenvalue weighted by Crippen LogP contribution is 2.23. The predicted octanol–water partition coefficient (Wildman–Crippen LogP) is 1.34. The van der Waals surface area contributed by atoms with Gasteiger partial charge in [-0.05, 0) is 15.9 Å². The molecule has 28 heavy (non-hydrogen) atoms. The molecular weight excluding hydrogens is 541 g/mol. The summed E-state index contributed by atoms with van der Waals surface area (Å²) < 4.78 is 5.98. The zero-order valence-corrected chi connectivity index (χ0v) is 20.7. The van der Waals surface area contributed by atoms with Crippen LogP contribution in [0.2, 0.25) is 0 Å². The van der Waals surface area contributed by atoms with Gasteiger partial charge in [0.25, 0.3) is 0 Å². The Balaban J connectivity index is 0.00000392. The van der Waals surface area contributed by atoms with Crippen LogP contribution in [0.3, 0.4) is 0 Å². The number of guanidine groups is 1. The number of carbonyl (C=O) groups is 1. The van der Waals surface area contributed by atoms with Gasteiger partial charge in [0, 0.05) is 52.2 Å². The molecule has 2 N–H and O–H groups in total.